The number of aromatic nitrogens is 2. The first-order chi connectivity index (χ1) is 14.2. The molecule has 0 aliphatic heterocycles. The molecule has 0 aliphatic carbocycles. The summed E-state index contributed by atoms with van der Waals surface area (Å²) in [5, 5.41) is 9.29. The second kappa shape index (κ2) is 10.4. The monoisotopic (exact) mass is 418 g/mol. The maximum absolute atomic E-state index is 12.8. The number of imidazole rings is 1. The molecule has 0 saturated heterocycles. The van der Waals surface area contributed by atoms with Gasteiger partial charge in [0.15, 0.2) is 0 Å². The van der Waals surface area contributed by atoms with Crippen molar-refractivity contribution >= 4 is 23.0 Å². The fraction of sp³-hybridized carbons (Fsp3) is 0.591. The van der Waals surface area contributed by atoms with E-state index in [1.807, 2.05) is 31.2 Å². The van der Waals surface area contributed by atoms with Crippen molar-refractivity contribution in [3.8, 4) is 0 Å². The molecular formula is C22H34N4O4. The fourth-order valence-corrected chi connectivity index (χ4v) is 3.49. The number of carbonyl (C=O) groups is 2. The Morgan fingerprint density at radius 2 is 1.93 bits per heavy atom. The minimum Gasteiger partial charge on any atom is -0.444 e. The lowest BCUT2D eigenvalue weighted by atomic mass is 10.1. The highest BCUT2D eigenvalue weighted by Gasteiger charge is 2.32. The topological polar surface area (TPSA) is 96.7 Å². The molecular weight excluding hydrogens is 384 g/mol. The summed E-state index contributed by atoms with van der Waals surface area (Å²) in [7, 11) is 0. The smallest absolute Gasteiger partial charge is 0.410 e. The van der Waals surface area contributed by atoms with Crippen LogP contribution in [0.1, 0.15) is 59.7 Å². The zero-order chi connectivity index (χ0) is 22.3. The number of aryl methyl sites for hydroxylation is 2. The van der Waals surface area contributed by atoms with E-state index >= 15 is 0 Å². The average Bonchev–Trinajstić information content (AvgIpc) is 3.03. The van der Waals surface area contributed by atoms with Crippen molar-refractivity contribution in [2.45, 2.75) is 78.5 Å². The van der Waals surface area contributed by atoms with Crippen molar-refractivity contribution in [3.05, 3.63) is 30.1 Å². The quantitative estimate of drug-likeness (QED) is 0.475. The van der Waals surface area contributed by atoms with E-state index in [1.165, 1.54) is 4.90 Å². The Balaban J connectivity index is 2.30. The lowest BCUT2D eigenvalue weighted by Gasteiger charge is -2.32. The van der Waals surface area contributed by atoms with E-state index in [1.54, 1.807) is 26.3 Å². The second-order valence-electron chi connectivity index (χ2n) is 8.37. The molecule has 1 atom stereocenters. The number of fused-ring (bicyclic) bond motifs is 1. The predicted octanol–water partition coefficient (Wildman–Crippen LogP) is 3.90. The van der Waals surface area contributed by atoms with Crippen LogP contribution >= 0.6 is 0 Å². The maximum Gasteiger partial charge on any atom is 0.410 e. The maximum atomic E-state index is 12.8. The number of amides is 2. The molecule has 2 amide bonds. The Kier molecular flexibility index (Phi) is 8.23. The molecule has 0 saturated carbocycles. The lowest BCUT2D eigenvalue weighted by molar-refractivity contribution is -0.135. The molecule has 1 aromatic heterocycles. The van der Waals surface area contributed by atoms with Gasteiger partial charge < -0.3 is 9.30 Å². The van der Waals surface area contributed by atoms with E-state index in [4.69, 9.17) is 9.72 Å². The molecule has 0 spiro atoms. The first-order valence-corrected chi connectivity index (χ1v) is 10.6. The highest BCUT2D eigenvalue weighted by atomic mass is 16.6. The van der Waals surface area contributed by atoms with Gasteiger partial charge in [-0.1, -0.05) is 26.0 Å². The minimum absolute atomic E-state index is 0.318. The largest absolute Gasteiger partial charge is 0.444 e. The van der Waals surface area contributed by atoms with Crippen LogP contribution in [0.25, 0.3) is 11.0 Å². The molecule has 0 radical (unpaired) electrons. The van der Waals surface area contributed by atoms with Gasteiger partial charge in [-0.3, -0.25) is 14.9 Å². The molecule has 2 N–H and O–H groups in total. The summed E-state index contributed by atoms with van der Waals surface area (Å²) in [6.45, 7) is 10.5. The molecule has 30 heavy (non-hydrogen) atoms. The van der Waals surface area contributed by atoms with E-state index in [0.717, 1.165) is 29.8 Å². The SMILES string of the molecule is CCCN(C(=O)OC(C)(C)C)[C@@H](CCc1nc2ccccc2n1CCC)C(=O)NO. The van der Waals surface area contributed by atoms with Crippen molar-refractivity contribution in [1.29, 1.82) is 0 Å². The van der Waals surface area contributed by atoms with Gasteiger partial charge in [-0.2, -0.15) is 0 Å². The third kappa shape index (κ3) is 5.95. The van der Waals surface area contributed by atoms with Crippen LogP contribution in [0.2, 0.25) is 0 Å². The number of rotatable bonds is 9. The normalized spacial score (nSPS) is 12.6. The van der Waals surface area contributed by atoms with Gasteiger partial charge in [0, 0.05) is 19.5 Å². The van der Waals surface area contributed by atoms with Crippen LogP contribution in [0.5, 0.6) is 0 Å². The first-order valence-electron chi connectivity index (χ1n) is 10.6. The molecule has 0 aliphatic rings. The molecule has 2 rings (SSSR count). The van der Waals surface area contributed by atoms with Crippen molar-refractivity contribution in [2.75, 3.05) is 6.54 Å². The Labute approximate surface area is 178 Å². The highest BCUT2D eigenvalue weighted by Crippen LogP contribution is 2.20. The summed E-state index contributed by atoms with van der Waals surface area (Å²) in [5.41, 5.74) is 2.98. The Morgan fingerprint density at radius 1 is 1.23 bits per heavy atom. The van der Waals surface area contributed by atoms with Gasteiger partial charge in [0.1, 0.15) is 17.5 Å². The number of ether oxygens (including phenoxy) is 1. The third-order valence-corrected chi connectivity index (χ3v) is 4.70. The highest BCUT2D eigenvalue weighted by molar-refractivity contribution is 5.85. The Bertz CT molecular complexity index is 856. The van der Waals surface area contributed by atoms with Gasteiger partial charge >= 0.3 is 6.09 Å². The Hall–Kier alpha value is -2.61. The number of hydrogen-bond donors (Lipinski definition) is 2. The zero-order valence-electron chi connectivity index (χ0n) is 18.6. The number of nitrogens with zero attached hydrogens (tertiary/aromatic N) is 3. The molecule has 0 fully saturated rings. The third-order valence-electron chi connectivity index (χ3n) is 4.70. The molecule has 1 heterocycles. The van der Waals surface area contributed by atoms with Gasteiger partial charge in [-0.15, -0.1) is 0 Å². The summed E-state index contributed by atoms with van der Waals surface area (Å²) >= 11 is 0. The van der Waals surface area contributed by atoms with Crippen LogP contribution in [0, 0.1) is 0 Å². The number of nitrogens with one attached hydrogen (secondary N) is 1. The van der Waals surface area contributed by atoms with Gasteiger partial charge in [-0.25, -0.2) is 15.3 Å². The van der Waals surface area contributed by atoms with E-state index in [2.05, 4.69) is 11.5 Å². The minimum atomic E-state index is -0.861. The van der Waals surface area contributed by atoms with Crippen LogP contribution in [0.3, 0.4) is 0 Å². The van der Waals surface area contributed by atoms with E-state index < -0.39 is 23.6 Å². The fourth-order valence-electron chi connectivity index (χ4n) is 3.49. The molecule has 2 aromatic rings. The number of hydrogen-bond acceptors (Lipinski definition) is 5. The standard InChI is InChI=1S/C22H34N4O4/c1-6-14-25-17-11-9-8-10-16(17)23-19(25)13-12-18(20(27)24-29)26(15-7-2)21(28)30-22(3,4)5/h8-11,18,29H,6-7,12-15H2,1-5H3,(H,24,27)/t18-/m0/s1. The van der Waals surface area contributed by atoms with Crippen molar-refractivity contribution < 1.29 is 19.5 Å². The summed E-state index contributed by atoms with van der Waals surface area (Å²) in [4.78, 5) is 31.3. The first kappa shape index (κ1) is 23.7. The van der Waals surface area contributed by atoms with Crippen LogP contribution in [0.4, 0.5) is 4.79 Å². The zero-order valence-corrected chi connectivity index (χ0v) is 18.6. The molecule has 0 bridgehead atoms. The number of hydroxylamine groups is 1. The summed E-state index contributed by atoms with van der Waals surface area (Å²) < 4.78 is 7.65. The second-order valence-corrected chi connectivity index (χ2v) is 8.37. The molecule has 1 aromatic carbocycles. The Morgan fingerprint density at radius 3 is 2.53 bits per heavy atom. The van der Waals surface area contributed by atoms with Crippen LogP contribution in [-0.2, 0) is 22.5 Å². The lowest BCUT2D eigenvalue weighted by Crippen LogP contribution is -2.51. The van der Waals surface area contributed by atoms with E-state index in [-0.39, 0.29) is 0 Å². The summed E-state index contributed by atoms with van der Waals surface area (Å²) in [5.74, 6) is 0.224. The van der Waals surface area contributed by atoms with Crippen molar-refractivity contribution in [2.24, 2.45) is 0 Å². The molecule has 0 unspecified atom stereocenters. The number of benzene rings is 1. The van der Waals surface area contributed by atoms with Crippen LogP contribution in [0.15, 0.2) is 24.3 Å². The molecule has 8 heteroatoms. The van der Waals surface area contributed by atoms with E-state index in [9.17, 15) is 14.8 Å². The summed E-state index contributed by atoms with van der Waals surface area (Å²) in [6.07, 6.45) is 1.84. The van der Waals surface area contributed by atoms with Gasteiger partial charge in [0.05, 0.1) is 11.0 Å². The van der Waals surface area contributed by atoms with Gasteiger partial charge in [0.2, 0.25) is 0 Å². The number of carbonyl (C=O) groups excluding carboxylic acids is 2. The molecule has 8 nitrogen and oxygen atoms in total. The van der Waals surface area contributed by atoms with Crippen molar-refractivity contribution in [1.82, 2.24) is 19.9 Å². The molecule has 166 valence electrons. The van der Waals surface area contributed by atoms with Crippen LogP contribution in [-0.4, -0.2) is 49.8 Å². The van der Waals surface area contributed by atoms with Crippen molar-refractivity contribution in [3.63, 3.8) is 0 Å². The average molecular weight is 419 g/mol. The number of para-hydroxylation sites is 2. The summed E-state index contributed by atoms with van der Waals surface area (Å²) in [6, 6.07) is 7.06. The predicted molar refractivity (Wildman–Crippen MR) is 115 cm³/mol. The van der Waals surface area contributed by atoms with E-state index in [0.29, 0.717) is 25.8 Å². The van der Waals surface area contributed by atoms with Gasteiger partial charge in [0.25, 0.3) is 5.91 Å². The van der Waals surface area contributed by atoms with Crippen LogP contribution < -0.4 is 5.48 Å². The van der Waals surface area contributed by atoms with Gasteiger partial charge in [-0.05, 0) is 52.2 Å².